The standard InChI is InChI=1S/C38H34N2O6Se/c1-3-25-44-34-35(47-31-17-11-6-12-18-31)32(46-36(34)40-24-23-33(41)39-37(40)42)26-45-38(27-13-7-4-8-14-27,28-15-9-5-10-16-28)29-19-21-30(43-2)22-20-29/h1,4-24,32,34-36H,25-26H2,2H3,(H,39,41,42)/t32-,34+,35-,36-/m1/s1. The number of nitrogens with one attached hydrogen (secondary N) is 1. The maximum atomic E-state index is 13.0. The molecule has 238 valence electrons. The molecule has 0 spiro atoms. The minimum atomic E-state index is -1.02. The first-order valence-corrected chi connectivity index (χ1v) is 17.0. The first-order valence-electron chi connectivity index (χ1n) is 15.2. The Morgan fingerprint density at radius 3 is 2.02 bits per heavy atom. The van der Waals surface area contributed by atoms with E-state index in [1.54, 1.807) is 7.11 Å². The molecule has 4 atom stereocenters. The van der Waals surface area contributed by atoms with Crippen LogP contribution in [-0.4, -0.2) is 57.0 Å². The van der Waals surface area contributed by atoms with E-state index in [0.29, 0.717) is 0 Å². The van der Waals surface area contributed by atoms with Gasteiger partial charge in [-0.1, -0.05) is 0 Å². The van der Waals surface area contributed by atoms with Gasteiger partial charge in [-0.15, -0.1) is 0 Å². The molecule has 47 heavy (non-hydrogen) atoms. The predicted octanol–water partition coefficient (Wildman–Crippen LogP) is 4.29. The van der Waals surface area contributed by atoms with E-state index in [-0.39, 0.29) is 33.0 Å². The van der Waals surface area contributed by atoms with E-state index in [9.17, 15) is 9.59 Å². The zero-order valence-electron chi connectivity index (χ0n) is 25.7. The Kier molecular flexibility index (Phi) is 10.2. The molecule has 9 heteroatoms. The fourth-order valence-corrected chi connectivity index (χ4v) is 8.61. The number of H-pyrrole nitrogens is 1. The molecule has 0 radical (unpaired) electrons. The Morgan fingerprint density at radius 1 is 0.851 bits per heavy atom. The van der Waals surface area contributed by atoms with Crippen molar-refractivity contribution in [2.75, 3.05) is 20.3 Å². The average molecular weight is 694 g/mol. The molecular formula is C38H34N2O6Se. The summed E-state index contributed by atoms with van der Waals surface area (Å²) in [6, 6.07) is 39.5. The third kappa shape index (κ3) is 6.89. The van der Waals surface area contributed by atoms with Gasteiger partial charge < -0.3 is 0 Å². The first kappa shape index (κ1) is 32.3. The fourth-order valence-electron chi connectivity index (χ4n) is 5.94. The summed E-state index contributed by atoms with van der Waals surface area (Å²) in [4.78, 5) is 27.1. The van der Waals surface area contributed by atoms with Crippen LogP contribution in [0.2, 0.25) is 4.82 Å². The van der Waals surface area contributed by atoms with Gasteiger partial charge in [0.05, 0.1) is 0 Å². The molecule has 0 amide bonds. The average Bonchev–Trinajstić information content (AvgIpc) is 3.45. The maximum absolute atomic E-state index is 13.0. The van der Waals surface area contributed by atoms with Crippen molar-refractivity contribution in [2.24, 2.45) is 0 Å². The quantitative estimate of drug-likeness (QED) is 0.119. The van der Waals surface area contributed by atoms with Crippen molar-refractivity contribution in [3.63, 3.8) is 0 Å². The van der Waals surface area contributed by atoms with Gasteiger partial charge in [0.25, 0.3) is 0 Å². The van der Waals surface area contributed by atoms with Gasteiger partial charge in [0.1, 0.15) is 0 Å². The van der Waals surface area contributed by atoms with Crippen LogP contribution >= 0.6 is 0 Å². The normalized spacial score (nSPS) is 19.2. The van der Waals surface area contributed by atoms with E-state index in [1.165, 1.54) is 16.8 Å². The van der Waals surface area contributed by atoms with Crippen LogP contribution < -0.4 is 20.4 Å². The summed E-state index contributed by atoms with van der Waals surface area (Å²) in [6.45, 7) is 0.182. The number of aromatic amines is 1. The van der Waals surface area contributed by atoms with Gasteiger partial charge >= 0.3 is 280 Å². The summed E-state index contributed by atoms with van der Waals surface area (Å²) in [5.74, 6) is 3.29. The zero-order valence-corrected chi connectivity index (χ0v) is 27.4. The number of aromatic nitrogens is 2. The van der Waals surface area contributed by atoms with Crippen LogP contribution in [0.4, 0.5) is 0 Å². The Morgan fingerprint density at radius 2 is 1.45 bits per heavy atom. The van der Waals surface area contributed by atoms with Crippen molar-refractivity contribution in [2.45, 2.75) is 28.9 Å². The van der Waals surface area contributed by atoms with Crippen molar-refractivity contribution in [1.29, 1.82) is 0 Å². The van der Waals surface area contributed by atoms with Crippen LogP contribution in [0.25, 0.3) is 0 Å². The summed E-state index contributed by atoms with van der Waals surface area (Å²) < 4.78 is 28.2. The molecule has 1 N–H and O–H groups in total. The number of terminal acetylenes is 1. The van der Waals surface area contributed by atoms with Crippen LogP contribution in [0.5, 0.6) is 5.75 Å². The Labute approximate surface area is 279 Å². The van der Waals surface area contributed by atoms with Crippen molar-refractivity contribution in [1.82, 2.24) is 9.55 Å². The molecule has 1 aliphatic rings. The van der Waals surface area contributed by atoms with Crippen LogP contribution in [0.15, 0.2) is 137 Å². The van der Waals surface area contributed by atoms with Gasteiger partial charge in [-0.25, -0.2) is 0 Å². The van der Waals surface area contributed by atoms with E-state index in [1.807, 2.05) is 78.9 Å². The van der Waals surface area contributed by atoms with E-state index in [4.69, 9.17) is 25.4 Å². The van der Waals surface area contributed by atoms with Gasteiger partial charge in [-0.05, 0) is 0 Å². The monoisotopic (exact) mass is 694 g/mol. The third-order valence-electron chi connectivity index (χ3n) is 8.11. The number of rotatable bonds is 12. The Balaban J connectivity index is 1.45. The first-order chi connectivity index (χ1) is 23.0. The molecule has 5 aromatic rings. The van der Waals surface area contributed by atoms with Crippen molar-refractivity contribution in [3.8, 4) is 18.1 Å². The summed E-state index contributed by atoms with van der Waals surface area (Å²) in [5.41, 5.74) is 0.675. The van der Waals surface area contributed by atoms with Crippen molar-refractivity contribution < 1.29 is 18.9 Å². The summed E-state index contributed by atoms with van der Waals surface area (Å²) in [7, 11) is 1.64. The number of ether oxygens (including phenoxy) is 4. The molecule has 1 saturated heterocycles. The van der Waals surface area contributed by atoms with Gasteiger partial charge in [0.15, 0.2) is 0 Å². The molecule has 1 fully saturated rings. The molecule has 4 aromatic carbocycles. The molecule has 6 rings (SSSR count). The number of methoxy groups -OCH3 is 1. The van der Waals surface area contributed by atoms with Gasteiger partial charge in [-0.3, -0.25) is 0 Å². The van der Waals surface area contributed by atoms with Crippen LogP contribution in [0, 0.1) is 12.3 Å². The summed E-state index contributed by atoms with van der Waals surface area (Å²) in [6.07, 6.45) is 5.13. The molecule has 0 unspecified atom stereocenters. The van der Waals surface area contributed by atoms with E-state index < -0.39 is 35.3 Å². The molecule has 2 heterocycles. The summed E-state index contributed by atoms with van der Waals surface area (Å²) in [5, 5.41) is 0. The molecule has 0 bridgehead atoms. The van der Waals surface area contributed by atoms with Gasteiger partial charge in [0.2, 0.25) is 0 Å². The molecule has 8 nitrogen and oxygen atoms in total. The van der Waals surface area contributed by atoms with Crippen molar-refractivity contribution >= 4 is 19.4 Å². The predicted molar refractivity (Wildman–Crippen MR) is 181 cm³/mol. The second-order valence-electron chi connectivity index (χ2n) is 10.9. The number of benzene rings is 4. The second kappa shape index (κ2) is 14.8. The van der Waals surface area contributed by atoms with E-state index in [0.717, 1.165) is 26.9 Å². The van der Waals surface area contributed by atoms with Crippen LogP contribution in [-0.2, 0) is 19.8 Å². The summed E-state index contributed by atoms with van der Waals surface area (Å²) >= 11 is -0.169. The number of hydrogen-bond donors (Lipinski definition) is 1. The molecule has 1 aliphatic heterocycles. The van der Waals surface area contributed by atoms with Crippen molar-refractivity contribution in [3.05, 3.63) is 165 Å². The topological polar surface area (TPSA) is 91.8 Å². The van der Waals surface area contributed by atoms with Gasteiger partial charge in [-0.2, -0.15) is 0 Å². The SMILES string of the molecule is C#CCO[C@H]1[C@H]([Se]c2ccccc2)[C@@H](COC(c2ccccc2)(c2ccccc2)c2ccc(OC)cc2)O[C@H]1n1ccc(=O)[nH]c1=O. The zero-order chi connectivity index (χ0) is 32.6. The molecular weight excluding hydrogens is 659 g/mol. The van der Waals surface area contributed by atoms with E-state index in [2.05, 4.69) is 47.3 Å². The number of nitrogens with zero attached hydrogens (tertiary/aromatic N) is 1. The Hall–Kier alpha value is -4.68. The molecule has 0 saturated carbocycles. The Bertz CT molecular complexity index is 1870. The molecule has 1 aromatic heterocycles. The fraction of sp³-hybridized carbons (Fsp3) is 0.211. The number of hydrogen-bond acceptors (Lipinski definition) is 6. The molecule has 0 aliphatic carbocycles. The van der Waals surface area contributed by atoms with E-state index >= 15 is 0 Å². The second-order valence-corrected chi connectivity index (χ2v) is 13.5. The van der Waals surface area contributed by atoms with Gasteiger partial charge in [0, 0.05) is 0 Å². The third-order valence-corrected chi connectivity index (χ3v) is 11.0. The van der Waals surface area contributed by atoms with Crippen LogP contribution in [0.3, 0.4) is 0 Å². The van der Waals surface area contributed by atoms with Crippen LogP contribution in [0.1, 0.15) is 22.9 Å². The minimum absolute atomic E-state index is 0.0292.